The molecule has 0 aromatic heterocycles. The number of rotatable bonds is 5. The van der Waals surface area contributed by atoms with Crippen LogP contribution in [-0.2, 0) is 9.53 Å². The summed E-state index contributed by atoms with van der Waals surface area (Å²) in [7, 11) is 0. The lowest BCUT2D eigenvalue weighted by Gasteiger charge is -2.22. The zero-order valence-corrected chi connectivity index (χ0v) is 11.8. The number of nitrogens with one attached hydrogen (secondary N) is 1. The van der Waals surface area contributed by atoms with Gasteiger partial charge in [-0.05, 0) is 34.1 Å². The van der Waals surface area contributed by atoms with E-state index >= 15 is 0 Å². The van der Waals surface area contributed by atoms with Gasteiger partial charge in [-0.2, -0.15) is 0 Å². The monoisotopic (exact) mass is 243 g/mol. The van der Waals surface area contributed by atoms with Crippen molar-refractivity contribution in [2.24, 2.45) is 5.92 Å². The molecule has 0 aliphatic heterocycles. The number of carbonyl (C=O) groups excluding carboxylic acids is 2. The molecule has 4 nitrogen and oxygen atoms in total. The van der Waals surface area contributed by atoms with E-state index in [1.807, 2.05) is 41.5 Å². The van der Waals surface area contributed by atoms with Crippen LogP contribution in [0, 0.1) is 5.92 Å². The van der Waals surface area contributed by atoms with Crippen LogP contribution >= 0.6 is 0 Å². The Hall–Kier alpha value is -1.06. The fourth-order valence-corrected chi connectivity index (χ4v) is 1.29. The third-order valence-electron chi connectivity index (χ3n) is 2.43. The Bertz CT molecular complexity index is 268. The van der Waals surface area contributed by atoms with Gasteiger partial charge in [-0.15, -0.1) is 0 Å². The molecule has 0 saturated heterocycles. The van der Waals surface area contributed by atoms with Crippen LogP contribution in [0.15, 0.2) is 0 Å². The Balaban J connectivity index is 4.06. The molecule has 17 heavy (non-hydrogen) atoms. The largest absolute Gasteiger partial charge is 0.444 e. The highest BCUT2D eigenvalue weighted by atomic mass is 16.6. The second-order valence-corrected chi connectivity index (χ2v) is 5.53. The Morgan fingerprint density at radius 3 is 2.18 bits per heavy atom. The maximum absolute atomic E-state index is 11.7. The Morgan fingerprint density at radius 2 is 1.76 bits per heavy atom. The van der Waals surface area contributed by atoms with Crippen LogP contribution in [0.25, 0.3) is 0 Å². The van der Waals surface area contributed by atoms with Crippen LogP contribution in [0.3, 0.4) is 0 Å². The Labute approximate surface area is 104 Å². The number of ether oxygens (including phenoxy) is 1. The van der Waals surface area contributed by atoms with Crippen LogP contribution in [0.5, 0.6) is 0 Å². The molecule has 0 fully saturated rings. The number of alkyl carbamates (subject to hydrolysis) is 1. The van der Waals surface area contributed by atoms with Gasteiger partial charge in [-0.3, -0.25) is 4.79 Å². The summed E-state index contributed by atoms with van der Waals surface area (Å²) < 4.78 is 5.12. The number of carbonyl (C=O) groups is 2. The second-order valence-electron chi connectivity index (χ2n) is 5.53. The highest BCUT2D eigenvalue weighted by Crippen LogP contribution is 2.09. The number of ketones is 1. The lowest BCUT2D eigenvalue weighted by molar-refractivity contribution is -0.122. The van der Waals surface area contributed by atoms with Gasteiger partial charge in [-0.1, -0.05) is 13.8 Å². The average Bonchev–Trinajstić information content (AvgIpc) is 2.12. The van der Waals surface area contributed by atoms with E-state index in [0.717, 1.165) is 6.42 Å². The molecule has 1 N–H and O–H groups in total. The number of Topliss-reactive ketones (excluding diaryl/α,β-unsaturated/α-hetero) is 1. The molecule has 2 atom stereocenters. The molecule has 100 valence electrons. The van der Waals surface area contributed by atoms with E-state index in [4.69, 9.17) is 4.74 Å². The molecule has 0 spiro atoms. The average molecular weight is 243 g/mol. The summed E-state index contributed by atoms with van der Waals surface area (Å²) in [6.45, 7) is 11.1. The van der Waals surface area contributed by atoms with Gasteiger partial charge < -0.3 is 10.1 Å². The van der Waals surface area contributed by atoms with Crippen molar-refractivity contribution < 1.29 is 14.3 Å². The zero-order chi connectivity index (χ0) is 13.6. The first-order valence-electron chi connectivity index (χ1n) is 6.18. The minimum Gasteiger partial charge on any atom is -0.444 e. The van der Waals surface area contributed by atoms with Crippen LogP contribution < -0.4 is 5.32 Å². The first-order chi connectivity index (χ1) is 7.65. The molecule has 0 bridgehead atoms. The molecule has 0 aliphatic carbocycles. The van der Waals surface area contributed by atoms with E-state index in [1.165, 1.54) is 0 Å². The third-order valence-corrected chi connectivity index (χ3v) is 2.43. The molecule has 2 unspecified atom stereocenters. The molecule has 0 saturated carbocycles. The van der Waals surface area contributed by atoms with Gasteiger partial charge in [0.25, 0.3) is 0 Å². The quantitative estimate of drug-likeness (QED) is 0.807. The van der Waals surface area contributed by atoms with Crippen LogP contribution in [0.2, 0.25) is 0 Å². The maximum atomic E-state index is 11.7. The van der Waals surface area contributed by atoms with Crippen molar-refractivity contribution in [3.63, 3.8) is 0 Å². The van der Waals surface area contributed by atoms with Gasteiger partial charge in [-0.25, -0.2) is 4.79 Å². The zero-order valence-electron chi connectivity index (χ0n) is 11.8. The van der Waals surface area contributed by atoms with Gasteiger partial charge in [0.2, 0.25) is 0 Å². The molecule has 0 heterocycles. The number of hydrogen-bond donors (Lipinski definition) is 1. The van der Waals surface area contributed by atoms with Crippen molar-refractivity contribution >= 4 is 11.9 Å². The number of amides is 1. The molecule has 4 heteroatoms. The first kappa shape index (κ1) is 15.9. The van der Waals surface area contributed by atoms with Crippen molar-refractivity contribution in [2.75, 3.05) is 0 Å². The van der Waals surface area contributed by atoms with Crippen molar-refractivity contribution in [3.05, 3.63) is 0 Å². The summed E-state index contributed by atoms with van der Waals surface area (Å²) >= 11 is 0. The van der Waals surface area contributed by atoms with Crippen LogP contribution in [-0.4, -0.2) is 23.5 Å². The SMILES string of the molecule is CCC(C)C(=O)CC(C)NC(=O)OC(C)(C)C. The third kappa shape index (κ3) is 7.77. The van der Waals surface area contributed by atoms with Gasteiger partial charge in [0, 0.05) is 18.4 Å². The van der Waals surface area contributed by atoms with E-state index in [2.05, 4.69) is 5.32 Å². The standard InChI is InChI=1S/C13H25NO3/c1-7-9(2)11(15)8-10(3)14-12(16)17-13(4,5)6/h9-10H,7-8H2,1-6H3,(H,14,16). The van der Waals surface area contributed by atoms with Crippen molar-refractivity contribution in [2.45, 2.75) is 66.0 Å². The molecule has 0 aromatic carbocycles. The van der Waals surface area contributed by atoms with E-state index in [1.54, 1.807) is 0 Å². The minimum absolute atomic E-state index is 0.0536. The summed E-state index contributed by atoms with van der Waals surface area (Å²) in [6.07, 6.45) is 0.716. The summed E-state index contributed by atoms with van der Waals surface area (Å²) in [5.74, 6) is 0.231. The van der Waals surface area contributed by atoms with Gasteiger partial charge in [0.05, 0.1) is 0 Å². The first-order valence-corrected chi connectivity index (χ1v) is 6.18. The molecule has 0 aromatic rings. The molecule has 0 aliphatic rings. The minimum atomic E-state index is -0.509. The normalized spacial score (nSPS) is 14.9. The molecular weight excluding hydrogens is 218 g/mol. The fraction of sp³-hybridized carbons (Fsp3) is 0.846. The van der Waals surface area contributed by atoms with E-state index < -0.39 is 11.7 Å². The lowest BCUT2D eigenvalue weighted by atomic mass is 9.98. The topological polar surface area (TPSA) is 55.4 Å². The number of hydrogen-bond acceptors (Lipinski definition) is 3. The van der Waals surface area contributed by atoms with Gasteiger partial charge in [0.15, 0.2) is 0 Å². The fourth-order valence-electron chi connectivity index (χ4n) is 1.29. The second kappa shape index (κ2) is 6.62. The lowest BCUT2D eigenvalue weighted by Crippen LogP contribution is -2.39. The smallest absolute Gasteiger partial charge is 0.407 e. The van der Waals surface area contributed by atoms with Gasteiger partial charge >= 0.3 is 6.09 Å². The Kier molecular flexibility index (Phi) is 6.21. The van der Waals surface area contributed by atoms with E-state index in [0.29, 0.717) is 6.42 Å². The van der Waals surface area contributed by atoms with Crippen molar-refractivity contribution in [3.8, 4) is 0 Å². The summed E-state index contributed by atoms with van der Waals surface area (Å²) in [5, 5.41) is 2.66. The maximum Gasteiger partial charge on any atom is 0.407 e. The van der Waals surface area contributed by atoms with E-state index in [-0.39, 0.29) is 17.7 Å². The molecule has 1 amide bonds. The van der Waals surface area contributed by atoms with E-state index in [9.17, 15) is 9.59 Å². The summed E-state index contributed by atoms with van der Waals surface area (Å²) in [6, 6.07) is -0.189. The molecular formula is C13H25NO3. The summed E-state index contributed by atoms with van der Waals surface area (Å²) in [5.41, 5.74) is -0.509. The van der Waals surface area contributed by atoms with Gasteiger partial charge in [0.1, 0.15) is 11.4 Å². The van der Waals surface area contributed by atoms with Crippen LogP contribution in [0.4, 0.5) is 4.79 Å². The van der Waals surface area contributed by atoms with Crippen LogP contribution in [0.1, 0.15) is 54.4 Å². The van der Waals surface area contributed by atoms with Crippen molar-refractivity contribution in [1.82, 2.24) is 5.32 Å². The highest BCUT2D eigenvalue weighted by molar-refractivity contribution is 5.81. The predicted molar refractivity (Wildman–Crippen MR) is 67.9 cm³/mol. The van der Waals surface area contributed by atoms with Crippen molar-refractivity contribution in [1.29, 1.82) is 0 Å². The predicted octanol–water partition coefficient (Wildman–Crippen LogP) is 2.90. The summed E-state index contributed by atoms with van der Waals surface area (Å²) in [4.78, 5) is 23.1. The Morgan fingerprint density at radius 1 is 1.24 bits per heavy atom. The molecule has 0 rings (SSSR count). The molecule has 0 radical (unpaired) electrons. The highest BCUT2D eigenvalue weighted by Gasteiger charge is 2.20.